The van der Waals surface area contributed by atoms with Crippen LogP contribution in [0.5, 0.6) is 5.75 Å². The van der Waals surface area contributed by atoms with Crippen LogP contribution < -0.4 is 10.2 Å². The Morgan fingerprint density at radius 1 is 1.08 bits per heavy atom. The van der Waals surface area contributed by atoms with Crippen LogP contribution in [0.15, 0.2) is 47.6 Å². The molecule has 2 rings (SSSR count). The first-order valence-corrected chi connectivity index (χ1v) is 6.84. The normalized spacial score (nSPS) is 12.0. The van der Waals surface area contributed by atoms with E-state index in [2.05, 4.69) is 15.3 Å². The maximum absolute atomic E-state index is 12.6. The van der Waals surface area contributed by atoms with Crippen molar-refractivity contribution in [1.29, 1.82) is 0 Å². The van der Waals surface area contributed by atoms with E-state index in [0.29, 0.717) is 5.56 Å². The van der Waals surface area contributed by atoms with E-state index >= 15 is 0 Å². The average molecular weight is 365 g/mol. The molecule has 0 spiro atoms. The van der Waals surface area contributed by atoms with Gasteiger partial charge in [-0.05, 0) is 48.0 Å². The maximum atomic E-state index is 12.6. The molecule has 0 atom stereocenters. The highest BCUT2D eigenvalue weighted by Gasteiger charge is 2.30. The third kappa shape index (κ3) is 5.09. The molecule has 2 aromatic carbocycles. The SMILES string of the molecule is FC(F)Oc1ccc(C=NNc2cc(C(F)(F)F)ccc2Cl)cc1. The van der Waals surface area contributed by atoms with Crippen LogP contribution in [0.3, 0.4) is 0 Å². The Morgan fingerprint density at radius 3 is 2.33 bits per heavy atom. The third-order valence-electron chi connectivity index (χ3n) is 2.80. The first-order valence-electron chi connectivity index (χ1n) is 6.46. The summed E-state index contributed by atoms with van der Waals surface area (Å²) in [5.74, 6) is -0.0176. The lowest BCUT2D eigenvalue weighted by atomic mass is 10.2. The fraction of sp³-hybridized carbons (Fsp3) is 0.133. The summed E-state index contributed by atoms with van der Waals surface area (Å²) in [6.07, 6.45) is -3.20. The zero-order valence-electron chi connectivity index (χ0n) is 11.8. The predicted octanol–water partition coefficient (Wildman–Crippen LogP) is 5.41. The van der Waals surface area contributed by atoms with Gasteiger partial charge < -0.3 is 4.74 Å². The van der Waals surface area contributed by atoms with E-state index in [9.17, 15) is 22.0 Å². The summed E-state index contributed by atoms with van der Waals surface area (Å²) in [5.41, 5.74) is 2.05. The molecular weight excluding hydrogens is 355 g/mol. The second kappa shape index (κ2) is 7.48. The van der Waals surface area contributed by atoms with Crippen molar-refractivity contribution in [3.63, 3.8) is 0 Å². The largest absolute Gasteiger partial charge is 0.435 e. The summed E-state index contributed by atoms with van der Waals surface area (Å²) < 4.78 is 66.1. The Bertz CT molecular complexity index is 717. The molecule has 0 radical (unpaired) electrons. The van der Waals surface area contributed by atoms with Crippen molar-refractivity contribution in [2.45, 2.75) is 12.8 Å². The predicted molar refractivity (Wildman–Crippen MR) is 80.7 cm³/mol. The van der Waals surface area contributed by atoms with Crippen molar-refractivity contribution >= 4 is 23.5 Å². The van der Waals surface area contributed by atoms with Gasteiger partial charge in [0.25, 0.3) is 0 Å². The maximum Gasteiger partial charge on any atom is 0.416 e. The zero-order valence-corrected chi connectivity index (χ0v) is 12.6. The zero-order chi connectivity index (χ0) is 17.7. The minimum Gasteiger partial charge on any atom is -0.435 e. The van der Waals surface area contributed by atoms with E-state index < -0.39 is 18.4 Å². The van der Waals surface area contributed by atoms with Gasteiger partial charge in [-0.15, -0.1) is 0 Å². The molecule has 128 valence electrons. The van der Waals surface area contributed by atoms with Gasteiger partial charge in [0.05, 0.1) is 22.5 Å². The lowest BCUT2D eigenvalue weighted by Gasteiger charge is -2.09. The van der Waals surface area contributed by atoms with Crippen molar-refractivity contribution < 1.29 is 26.7 Å². The Morgan fingerprint density at radius 2 is 1.75 bits per heavy atom. The van der Waals surface area contributed by atoms with E-state index in [0.717, 1.165) is 18.2 Å². The molecule has 1 N–H and O–H groups in total. The number of nitrogens with zero attached hydrogens (tertiary/aromatic N) is 1. The molecule has 0 amide bonds. The van der Waals surface area contributed by atoms with Gasteiger partial charge in [0.15, 0.2) is 0 Å². The number of nitrogens with one attached hydrogen (secondary N) is 1. The molecule has 0 aliphatic carbocycles. The summed E-state index contributed by atoms with van der Waals surface area (Å²) in [5, 5.41) is 3.84. The molecule has 0 heterocycles. The number of alkyl halides is 5. The first-order chi connectivity index (χ1) is 11.3. The summed E-state index contributed by atoms with van der Waals surface area (Å²) in [7, 11) is 0. The second-order valence-electron chi connectivity index (χ2n) is 4.51. The van der Waals surface area contributed by atoms with Crippen molar-refractivity contribution in [3.8, 4) is 5.75 Å². The van der Waals surface area contributed by atoms with Crippen molar-refractivity contribution in [2.75, 3.05) is 5.43 Å². The molecule has 0 aromatic heterocycles. The number of rotatable bonds is 5. The van der Waals surface area contributed by atoms with Crippen molar-refractivity contribution in [1.82, 2.24) is 0 Å². The Kier molecular flexibility index (Phi) is 5.61. The third-order valence-corrected chi connectivity index (χ3v) is 3.13. The molecule has 0 fully saturated rings. The van der Waals surface area contributed by atoms with Crippen LogP contribution in [-0.4, -0.2) is 12.8 Å². The summed E-state index contributed by atoms with van der Waals surface area (Å²) in [6.45, 7) is -2.92. The molecular formula is C15H10ClF5N2O. The topological polar surface area (TPSA) is 33.6 Å². The second-order valence-corrected chi connectivity index (χ2v) is 4.92. The van der Waals surface area contributed by atoms with Crippen LogP contribution in [0.1, 0.15) is 11.1 Å². The Balaban J connectivity index is 2.06. The lowest BCUT2D eigenvalue weighted by molar-refractivity contribution is -0.137. The Labute approximate surface area is 138 Å². The number of hydrogen-bond acceptors (Lipinski definition) is 3. The lowest BCUT2D eigenvalue weighted by Crippen LogP contribution is -2.05. The molecule has 0 unspecified atom stereocenters. The highest BCUT2D eigenvalue weighted by atomic mass is 35.5. The van der Waals surface area contributed by atoms with Crippen LogP contribution >= 0.6 is 11.6 Å². The molecule has 0 saturated carbocycles. The molecule has 0 aliphatic heterocycles. The molecule has 2 aromatic rings. The van der Waals surface area contributed by atoms with Gasteiger partial charge >= 0.3 is 12.8 Å². The van der Waals surface area contributed by atoms with Crippen LogP contribution in [0.2, 0.25) is 5.02 Å². The number of hydrazone groups is 1. The summed E-state index contributed by atoms with van der Waals surface area (Å²) in [6, 6.07) is 8.33. The van der Waals surface area contributed by atoms with E-state index in [1.807, 2.05) is 0 Å². The van der Waals surface area contributed by atoms with Gasteiger partial charge in [0.1, 0.15) is 5.75 Å². The van der Waals surface area contributed by atoms with Gasteiger partial charge in [0, 0.05) is 0 Å². The molecule has 0 aliphatic rings. The van der Waals surface area contributed by atoms with Gasteiger partial charge in [-0.3, -0.25) is 5.43 Å². The number of ether oxygens (including phenoxy) is 1. The number of hydrogen-bond donors (Lipinski definition) is 1. The first kappa shape index (κ1) is 18.0. The standard InChI is InChI=1S/C15H10ClF5N2O/c16-12-6-3-10(15(19,20)21)7-13(12)23-22-8-9-1-4-11(5-2-9)24-14(17)18/h1-8,14,23H. The van der Waals surface area contributed by atoms with Crippen molar-refractivity contribution in [2.24, 2.45) is 5.10 Å². The monoisotopic (exact) mass is 364 g/mol. The van der Waals surface area contributed by atoms with E-state index in [1.54, 1.807) is 0 Å². The van der Waals surface area contributed by atoms with Crippen LogP contribution in [0.25, 0.3) is 0 Å². The minimum atomic E-state index is -4.49. The number of benzene rings is 2. The summed E-state index contributed by atoms with van der Waals surface area (Å²) >= 11 is 5.81. The molecule has 9 heteroatoms. The smallest absolute Gasteiger partial charge is 0.416 e. The molecule has 0 bridgehead atoms. The van der Waals surface area contributed by atoms with Crippen LogP contribution in [0, 0.1) is 0 Å². The van der Waals surface area contributed by atoms with Gasteiger partial charge in [-0.2, -0.15) is 27.1 Å². The van der Waals surface area contributed by atoms with Gasteiger partial charge in [-0.1, -0.05) is 11.6 Å². The quantitative estimate of drug-likeness (QED) is 0.437. The number of anilines is 1. The van der Waals surface area contributed by atoms with Crippen LogP contribution in [0.4, 0.5) is 27.6 Å². The van der Waals surface area contributed by atoms with Crippen LogP contribution in [-0.2, 0) is 6.18 Å². The Hall–Kier alpha value is -2.35. The van der Waals surface area contributed by atoms with E-state index in [1.165, 1.54) is 30.5 Å². The minimum absolute atomic E-state index is 0.0135. The molecule has 3 nitrogen and oxygen atoms in total. The average Bonchev–Trinajstić information content (AvgIpc) is 2.49. The molecule has 24 heavy (non-hydrogen) atoms. The molecule has 0 saturated heterocycles. The van der Waals surface area contributed by atoms with Gasteiger partial charge in [-0.25, -0.2) is 0 Å². The van der Waals surface area contributed by atoms with E-state index in [-0.39, 0.29) is 16.5 Å². The van der Waals surface area contributed by atoms with Gasteiger partial charge in [0.2, 0.25) is 0 Å². The van der Waals surface area contributed by atoms with Crippen molar-refractivity contribution in [3.05, 3.63) is 58.6 Å². The highest BCUT2D eigenvalue weighted by molar-refractivity contribution is 6.33. The fourth-order valence-electron chi connectivity index (χ4n) is 1.70. The number of halogens is 6. The fourth-order valence-corrected chi connectivity index (χ4v) is 1.86. The summed E-state index contributed by atoms with van der Waals surface area (Å²) in [4.78, 5) is 0. The highest BCUT2D eigenvalue weighted by Crippen LogP contribution is 2.33. The van der Waals surface area contributed by atoms with E-state index in [4.69, 9.17) is 11.6 Å².